The van der Waals surface area contributed by atoms with Crippen LogP contribution in [0.2, 0.25) is 0 Å². The maximum atomic E-state index is 12.9. The number of carboxylic acids is 1. The van der Waals surface area contributed by atoms with Gasteiger partial charge in [0, 0.05) is 24.7 Å². The molecule has 6 nitrogen and oxygen atoms in total. The Bertz CT molecular complexity index is 753. The van der Waals surface area contributed by atoms with E-state index in [1.807, 2.05) is 19.1 Å². The van der Waals surface area contributed by atoms with Crippen LogP contribution in [0.25, 0.3) is 0 Å². The van der Waals surface area contributed by atoms with Crippen molar-refractivity contribution >= 4 is 11.9 Å². The monoisotopic (exact) mass is 328 g/mol. The highest BCUT2D eigenvalue weighted by Crippen LogP contribution is 2.33. The van der Waals surface area contributed by atoms with Crippen LogP contribution in [-0.2, 0) is 6.42 Å². The Kier molecular flexibility index (Phi) is 4.64. The quantitative estimate of drug-likeness (QED) is 0.931. The number of amides is 1. The molecule has 1 N–H and O–H groups in total. The van der Waals surface area contributed by atoms with Gasteiger partial charge in [-0.1, -0.05) is 6.92 Å². The second-order valence-electron chi connectivity index (χ2n) is 5.90. The van der Waals surface area contributed by atoms with Crippen molar-refractivity contribution in [2.45, 2.75) is 38.6 Å². The van der Waals surface area contributed by atoms with Crippen LogP contribution in [0.15, 0.2) is 34.9 Å². The van der Waals surface area contributed by atoms with Crippen LogP contribution in [0.1, 0.15) is 64.6 Å². The van der Waals surface area contributed by atoms with E-state index in [1.165, 1.54) is 12.3 Å². The first-order valence-electron chi connectivity index (χ1n) is 8.19. The van der Waals surface area contributed by atoms with Gasteiger partial charge in [0.1, 0.15) is 17.2 Å². The molecule has 0 spiro atoms. The number of rotatable bonds is 4. The fourth-order valence-corrected chi connectivity index (χ4v) is 3.08. The van der Waals surface area contributed by atoms with Crippen LogP contribution < -0.4 is 0 Å². The van der Waals surface area contributed by atoms with Gasteiger partial charge in [-0.05, 0) is 43.5 Å². The summed E-state index contributed by atoms with van der Waals surface area (Å²) in [5.74, 6) is 0.380. The van der Waals surface area contributed by atoms with Gasteiger partial charge < -0.3 is 14.4 Å². The Labute approximate surface area is 140 Å². The zero-order chi connectivity index (χ0) is 17.1. The van der Waals surface area contributed by atoms with E-state index in [0.29, 0.717) is 12.1 Å². The molecule has 1 amide bonds. The minimum atomic E-state index is -1.14. The predicted octanol–water partition coefficient (Wildman–Crippen LogP) is 3.30. The normalized spacial score (nSPS) is 17.7. The van der Waals surface area contributed by atoms with Crippen molar-refractivity contribution in [2.24, 2.45) is 0 Å². The lowest BCUT2D eigenvalue weighted by Crippen LogP contribution is -2.38. The molecule has 24 heavy (non-hydrogen) atoms. The van der Waals surface area contributed by atoms with Crippen molar-refractivity contribution in [1.29, 1.82) is 0 Å². The smallest absolute Gasteiger partial charge is 0.354 e. The third kappa shape index (κ3) is 3.18. The van der Waals surface area contributed by atoms with Gasteiger partial charge in [0.2, 0.25) is 0 Å². The van der Waals surface area contributed by atoms with Gasteiger partial charge in [-0.15, -0.1) is 0 Å². The SMILES string of the molecule is CCc1ccc(C2CCCCN2C(=O)c2ccnc(C(=O)O)c2)o1. The molecule has 1 aliphatic rings. The summed E-state index contributed by atoms with van der Waals surface area (Å²) in [6.45, 7) is 2.66. The number of furan rings is 1. The molecular formula is C18H20N2O4. The molecule has 1 fully saturated rings. The molecule has 3 rings (SSSR count). The third-order valence-electron chi connectivity index (χ3n) is 4.35. The lowest BCUT2D eigenvalue weighted by Gasteiger charge is -2.34. The number of hydrogen-bond acceptors (Lipinski definition) is 4. The summed E-state index contributed by atoms with van der Waals surface area (Å²) in [5.41, 5.74) is 0.220. The van der Waals surface area contributed by atoms with Crippen LogP contribution in [0.5, 0.6) is 0 Å². The van der Waals surface area contributed by atoms with Gasteiger partial charge >= 0.3 is 5.97 Å². The molecule has 126 valence electrons. The first-order chi connectivity index (χ1) is 11.6. The van der Waals surface area contributed by atoms with E-state index in [4.69, 9.17) is 9.52 Å². The molecule has 2 aromatic rings. The Morgan fingerprint density at radius 3 is 2.88 bits per heavy atom. The number of carboxylic acid groups (broad SMARTS) is 1. The first-order valence-corrected chi connectivity index (χ1v) is 8.19. The third-order valence-corrected chi connectivity index (χ3v) is 4.35. The molecule has 1 unspecified atom stereocenters. The number of nitrogens with zero attached hydrogens (tertiary/aromatic N) is 2. The fraction of sp³-hybridized carbons (Fsp3) is 0.389. The van der Waals surface area contributed by atoms with Crippen molar-refractivity contribution in [3.05, 3.63) is 53.2 Å². The number of aromatic carboxylic acids is 1. The predicted molar refractivity (Wildman–Crippen MR) is 86.9 cm³/mol. The van der Waals surface area contributed by atoms with Crippen LogP contribution >= 0.6 is 0 Å². The van der Waals surface area contributed by atoms with Crippen molar-refractivity contribution in [3.63, 3.8) is 0 Å². The summed E-state index contributed by atoms with van der Waals surface area (Å²) in [7, 11) is 0. The summed E-state index contributed by atoms with van der Waals surface area (Å²) in [4.78, 5) is 29.5. The maximum absolute atomic E-state index is 12.9. The van der Waals surface area contributed by atoms with E-state index < -0.39 is 5.97 Å². The maximum Gasteiger partial charge on any atom is 0.354 e. The molecular weight excluding hydrogens is 308 g/mol. The Morgan fingerprint density at radius 2 is 2.17 bits per heavy atom. The average molecular weight is 328 g/mol. The number of hydrogen-bond donors (Lipinski definition) is 1. The lowest BCUT2D eigenvalue weighted by atomic mass is 9.99. The summed E-state index contributed by atoms with van der Waals surface area (Å²) in [6, 6.07) is 6.66. The minimum Gasteiger partial charge on any atom is -0.477 e. The van der Waals surface area contributed by atoms with Crippen molar-refractivity contribution in [1.82, 2.24) is 9.88 Å². The topological polar surface area (TPSA) is 83.6 Å². The van der Waals surface area contributed by atoms with Crippen LogP contribution in [0, 0.1) is 0 Å². The van der Waals surface area contributed by atoms with Gasteiger partial charge in [-0.25, -0.2) is 9.78 Å². The minimum absolute atomic E-state index is 0.104. The number of carbonyl (C=O) groups is 2. The van der Waals surface area contributed by atoms with Gasteiger partial charge in [0.05, 0.1) is 6.04 Å². The summed E-state index contributed by atoms with van der Waals surface area (Å²) >= 11 is 0. The van der Waals surface area contributed by atoms with Gasteiger partial charge in [0.15, 0.2) is 0 Å². The first kappa shape index (κ1) is 16.2. The van der Waals surface area contributed by atoms with Crippen LogP contribution in [0.4, 0.5) is 0 Å². The number of piperidine rings is 1. The number of aromatic nitrogens is 1. The van der Waals surface area contributed by atoms with Crippen molar-refractivity contribution in [3.8, 4) is 0 Å². The van der Waals surface area contributed by atoms with Gasteiger partial charge in [-0.3, -0.25) is 4.79 Å². The number of carbonyl (C=O) groups excluding carboxylic acids is 1. The number of pyridine rings is 1. The Morgan fingerprint density at radius 1 is 1.33 bits per heavy atom. The summed E-state index contributed by atoms with van der Waals surface area (Å²) in [5, 5.41) is 9.06. The highest BCUT2D eigenvalue weighted by atomic mass is 16.4. The zero-order valence-corrected chi connectivity index (χ0v) is 13.6. The molecule has 0 aliphatic carbocycles. The van der Waals surface area contributed by atoms with E-state index in [9.17, 15) is 9.59 Å². The molecule has 6 heteroatoms. The van der Waals surface area contributed by atoms with E-state index in [0.717, 1.165) is 37.2 Å². The molecule has 2 aromatic heterocycles. The molecule has 3 heterocycles. The molecule has 0 radical (unpaired) electrons. The van der Waals surface area contributed by atoms with Crippen molar-refractivity contribution < 1.29 is 19.1 Å². The number of likely N-dealkylation sites (tertiary alicyclic amines) is 1. The van der Waals surface area contributed by atoms with E-state index in [2.05, 4.69) is 4.98 Å². The average Bonchev–Trinajstić information content (AvgIpc) is 3.10. The molecule has 0 bridgehead atoms. The standard InChI is InChI=1S/C18H20N2O4/c1-2-13-6-7-16(24-13)15-5-3-4-10-20(15)17(21)12-8-9-19-14(11-12)18(22)23/h6-9,11,15H,2-5,10H2,1H3,(H,22,23). The largest absolute Gasteiger partial charge is 0.477 e. The van der Waals surface area contributed by atoms with Crippen LogP contribution in [0.3, 0.4) is 0 Å². The Balaban J connectivity index is 1.88. The lowest BCUT2D eigenvalue weighted by molar-refractivity contribution is 0.0578. The second-order valence-corrected chi connectivity index (χ2v) is 5.90. The Hall–Kier alpha value is -2.63. The number of aryl methyl sites for hydroxylation is 1. The summed E-state index contributed by atoms with van der Waals surface area (Å²) < 4.78 is 5.85. The fourth-order valence-electron chi connectivity index (χ4n) is 3.08. The van der Waals surface area contributed by atoms with Gasteiger partial charge in [0.25, 0.3) is 5.91 Å². The highest BCUT2D eigenvalue weighted by Gasteiger charge is 2.31. The van der Waals surface area contributed by atoms with Crippen molar-refractivity contribution in [2.75, 3.05) is 6.54 Å². The molecule has 1 aliphatic heterocycles. The molecule has 0 aromatic carbocycles. The molecule has 1 saturated heterocycles. The van der Waals surface area contributed by atoms with Gasteiger partial charge in [-0.2, -0.15) is 0 Å². The van der Waals surface area contributed by atoms with E-state index in [-0.39, 0.29) is 17.6 Å². The highest BCUT2D eigenvalue weighted by molar-refractivity contribution is 5.96. The van der Waals surface area contributed by atoms with E-state index >= 15 is 0 Å². The molecule has 1 atom stereocenters. The van der Waals surface area contributed by atoms with Crippen LogP contribution in [-0.4, -0.2) is 33.4 Å². The molecule has 0 saturated carbocycles. The summed E-state index contributed by atoms with van der Waals surface area (Å²) in [6.07, 6.45) is 4.98. The second kappa shape index (κ2) is 6.86. The van der Waals surface area contributed by atoms with E-state index in [1.54, 1.807) is 11.0 Å². The zero-order valence-electron chi connectivity index (χ0n) is 13.6.